The van der Waals surface area contributed by atoms with Gasteiger partial charge in [0.2, 0.25) is 0 Å². The maximum atomic E-state index is 9.36. The second-order valence-electron chi connectivity index (χ2n) is 3.02. The van der Waals surface area contributed by atoms with Gasteiger partial charge in [0, 0.05) is 17.8 Å². The Morgan fingerprint density at radius 2 is 2.27 bits per heavy atom. The summed E-state index contributed by atoms with van der Waals surface area (Å²) >= 11 is 0. The SMILES string of the molecule is COc1[c]ccnc1-c1cccc(O)c1. The Morgan fingerprint density at radius 3 is 3.00 bits per heavy atom. The van der Waals surface area contributed by atoms with Crippen LogP contribution in [0.4, 0.5) is 0 Å². The van der Waals surface area contributed by atoms with E-state index < -0.39 is 0 Å². The Hall–Kier alpha value is -2.03. The molecule has 1 radical (unpaired) electrons. The van der Waals surface area contributed by atoms with Crippen molar-refractivity contribution in [3.05, 3.63) is 42.6 Å². The summed E-state index contributed by atoms with van der Waals surface area (Å²) in [6, 6.07) is 11.5. The van der Waals surface area contributed by atoms with Gasteiger partial charge in [-0.15, -0.1) is 0 Å². The van der Waals surface area contributed by atoms with Gasteiger partial charge in [-0.25, -0.2) is 0 Å². The van der Waals surface area contributed by atoms with E-state index in [0.717, 1.165) is 5.56 Å². The molecule has 1 aromatic carbocycles. The van der Waals surface area contributed by atoms with Crippen molar-refractivity contribution < 1.29 is 9.84 Å². The zero-order chi connectivity index (χ0) is 10.7. The van der Waals surface area contributed by atoms with Crippen molar-refractivity contribution in [1.82, 2.24) is 4.98 Å². The first-order valence-electron chi connectivity index (χ1n) is 4.51. The maximum absolute atomic E-state index is 9.36. The molecule has 0 unspecified atom stereocenters. The first-order valence-corrected chi connectivity index (χ1v) is 4.51. The van der Waals surface area contributed by atoms with E-state index in [9.17, 15) is 5.11 Å². The zero-order valence-electron chi connectivity index (χ0n) is 8.27. The van der Waals surface area contributed by atoms with E-state index in [0.29, 0.717) is 11.4 Å². The van der Waals surface area contributed by atoms with Crippen molar-refractivity contribution in [3.8, 4) is 22.8 Å². The molecular weight excluding hydrogens is 190 g/mol. The van der Waals surface area contributed by atoms with Gasteiger partial charge in [0.05, 0.1) is 7.11 Å². The molecule has 0 aliphatic rings. The molecule has 3 nitrogen and oxygen atoms in total. The summed E-state index contributed by atoms with van der Waals surface area (Å²) in [5.41, 5.74) is 1.49. The van der Waals surface area contributed by atoms with Crippen LogP contribution < -0.4 is 4.74 Å². The van der Waals surface area contributed by atoms with Gasteiger partial charge in [0.25, 0.3) is 0 Å². The molecule has 3 heteroatoms. The molecule has 2 rings (SSSR count). The molecule has 0 fully saturated rings. The Morgan fingerprint density at radius 1 is 1.40 bits per heavy atom. The van der Waals surface area contributed by atoms with E-state index in [1.165, 1.54) is 0 Å². The van der Waals surface area contributed by atoms with E-state index >= 15 is 0 Å². The second-order valence-corrected chi connectivity index (χ2v) is 3.02. The minimum atomic E-state index is 0.209. The van der Waals surface area contributed by atoms with Crippen molar-refractivity contribution in [3.63, 3.8) is 0 Å². The average molecular weight is 200 g/mol. The third-order valence-corrected chi connectivity index (χ3v) is 2.03. The normalized spacial score (nSPS) is 9.93. The lowest BCUT2D eigenvalue weighted by Gasteiger charge is -2.06. The standard InChI is InChI=1S/C12H10NO2/c1-15-11-6-3-7-13-12(11)9-4-2-5-10(14)8-9/h2-5,7-8,14H,1H3. The van der Waals surface area contributed by atoms with E-state index in [-0.39, 0.29) is 5.75 Å². The molecule has 0 spiro atoms. The smallest absolute Gasteiger partial charge is 0.153 e. The van der Waals surface area contributed by atoms with Gasteiger partial charge in [0.15, 0.2) is 5.75 Å². The third-order valence-electron chi connectivity index (χ3n) is 2.03. The van der Waals surface area contributed by atoms with Gasteiger partial charge in [-0.05, 0) is 18.2 Å². The number of aromatic hydroxyl groups is 1. The molecule has 0 amide bonds. The number of benzene rings is 1. The number of nitrogens with zero attached hydrogens (tertiary/aromatic N) is 1. The number of phenolic OH excluding ortho intramolecular Hbond substituents is 1. The fourth-order valence-corrected chi connectivity index (χ4v) is 1.37. The summed E-state index contributed by atoms with van der Waals surface area (Å²) in [6.07, 6.45) is 1.64. The highest BCUT2D eigenvalue weighted by Crippen LogP contribution is 2.28. The predicted octanol–water partition coefficient (Wildman–Crippen LogP) is 2.26. The summed E-state index contributed by atoms with van der Waals surface area (Å²) in [4.78, 5) is 4.19. The third kappa shape index (κ3) is 1.91. The Kier molecular flexibility index (Phi) is 2.54. The number of ether oxygens (including phenoxy) is 1. The Balaban J connectivity index is 2.53. The minimum Gasteiger partial charge on any atom is -0.508 e. The van der Waals surface area contributed by atoms with Crippen molar-refractivity contribution in [2.45, 2.75) is 0 Å². The highest BCUT2D eigenvalue weighted by Gasteiger charge is 2.06. The van der Waals surface area contributed by atoms with Gasteiger partial charge in [-0.2, -0.15) is 0 Å². The fourth-order valence-electron chi connectivity index (χ4n) is 1.37. The molecule has 1 heterocycles. The molecule has 2 aromatic rings. The van der Waals surface area contributed by atoms with E-state index in [1.807, 2.05) is 6.07 Å². The second kappa shape index (κ2) is 4.00. The monoisotopic (exact) mass is 200 g/mol. The van der Waals surface area contributed by atoms with Crippen molar-refractivity contribution in [2.75, 3.05) is 7.11 Å². The summed E-state index contributed by atoms with van der Waals surface area (Å²) in [5, 5.41) is 9.36. The average Bonchev–Trinajstić information content (AvgIpc) is 2.29. The number of methoxy groups -OCH3 is 1. The summed E-state index contributed by atoms with van der Waals surface area (Å²) in [5.74, 6) is 0.781. The molecule has 0 atom stereocenters. The first kappa shape index (κ1) is 9.52. The van der Waals surface area contributed by atoms with Gasteiger partial charge in [-0.3, -0.25) is 4.98 Å². The van der Waals surface area contributed by atoms with E-state index in [4.69, 9.17) is 4.74 Å². The van der Waals surface area contributed by atoms with E-state index in [2.05, 4.69) is 11.1 Å². The van der Waals surface area contributed by atoms with Crippen LogP contribution in [0.25, 0.3) is 11.3 Å². The number of aromatic nitrogens is 1. The Labute approximate surface area is 88.0 Å². The van der Waals surface area contributed by atoms with Crippen LogP contribution in [-0.2, 0) is 0 Å². The highest BCUT2D eigenvalue weighted by molar-refractivity contribution is 5.66. The van der Waals surface area contributed by atoms with Crippen LogP contribution in [0.5, 0.6) is 11.5 Å². The molecule has 75 valence electrons. The van der Waals surface area contributed by atoms with Crippen molar-refractivity contribution in [2.24, 2.45) is 0 Å². The molecule has 1 N–H and O–H groups in total. The molecule has 0 bridgehead atoms. The zero-order valence-corrected chi connectivity index (χ0v) is 8.27. The number of hydrogen-bond donors (Lipinski definition) is 1. The molecule has 0 aliphatic carbocycles. The molecule has 0 saturated carbocycles. The van der Waals surface area contributed by atoms with Gasteiger partial charge < -0.3 is 9.84 Å². The van der Waals surface area contributed by atoms with Crippen LogP contribution in [0.1, 0.15) is 0 Å². The number of phenols is 1. The highest BCUT2D eigenvalue weighted by atomic mass is 16.5. The van der Waals surface area contributed by atoms with Crippen LogP contribution >= 0.6 is 0 Å². The topological polar surface area (TPSA) is 42.4 Å². The van der Waals surface area contributed by atoms with Gasteiger partial charge >= 0.3 is 0 Å². The first-order chi connectivity index (χ1) is 7.31. The lowest BCUT2D eigenvalue weighted by atomic mass is 10.1. The molecular formula is C12H10NO2. The minimum absolute atomic E-state index is 0.209. The van der Waals surface area contributed by atoms with E-state index in [1.54, 1.807) is 37.6 Å². The van der Waals surface area contributed by atoms with Crippen molar-refractivity contribution >= 4 is 0 Å². The van der Waals surface area contributed by atoms with Gasteiger partial charge in [-0.1, -0.05) is 12.1 Å². The summed E-state index contributed by atoms with van der Waals surface area (Å²) in [6.45, 7) is 0. The van der Waals surface area contributed by atoms with Crippen LogP contribution in [0.15, 0.2) is 36.5 Å². The molecule has 0 saturated heterocycles. The maximum Gasteiger partial charge on any atom is 0.153 e. The largest absolute Gasteiger partial charge is 0.508 e. The molecule has 0 aliphatic heterocycles. The molecule has 1 aromatic heterocycles. The van der Waals surface area contributed by atoms with Crippen LogP contribution in [0.3, 0.4) is 0 Å². The molecule has 15 heavy (non-hydrogen) atoms. The summed E-state index contributed by atoms with van der Waals surface area (Å²) in [7, 11) is 1.57. The van der Waals surface area contributed by atoms with Crippen LogP contribution in [-0.4, -0.2) is 17.2 Å². The number of pyridine rings is 1. The lowest BCUT2D eigenvalue weighted by Crippen LogP contribution is -1.90. The van der Waals surface area contributed by atoms with Crippen LogP contribution in [0, 0.1) is 6.07 Å². The Bertz CT molecular complexity index is 469. The summed E-state index contributed by atoms with van der Waals surface area (Å²) < 4.78 is 5.14. The van der Waals surface area contributed by atoms with Gasteiger partial charge in [0.1, 0.15) is 11.4 Å². The predicted molar refractivity (Wildman–Crippen MR) is 56.7 cm³/mol. The quantitative estimate of drug-likeness (QED) is 0.808. The number of rotatable bonds is 2. The lowest BCUT2D eigenvalue weighted by molar-refractivity contribution is 0.414. The fraction of sp³-hybridized carbons (Fsp3) is 0.0833. The van der Waals surface area contributed by atoms with Crippen molar-refractivity contribution in [1.29, 1.82) is 0 Å². The van der Waals surface area contributed by atoms with Crippen LogP contribution in [0.2, 0.25) is 0 Å². The number of hydrogen-bond acceptors (Lipinski definition) is 3.